The molecule has 2 nitrogen and oxygen atoms in total. The van der Waals surface area contributed by atoms with Crippen LogP contribution in [0.1, 0.15) is 19.8 Å². The number of rotatable bonds is 3. The van der Waals surface area contributed by atoms with Crippen LogP contribution >= 0.6 is 12.2 Å². The highest BCUT2D eigenvalue weighted by Crippen LogP contribution is 2.35. The first kappa shape index (κ1) is 8.78. The standard InChI is InChI=1S/C8H16N2S/c1-6(7-3-4-7)5-10-8(11)9-2/h6-7H,3-5H2,1-2H3,(H2,9,10,11). The molecule has 64 valence electrons. The van der Waals surface area contributed by atoms with Crippen molar-refractivity contribution in [3.63, 3.8) is 0 Å². The smallest absolute Gasteiger partial charge is 0.166 e. The molecule has 0 aliphatic heterocycles. The number of hydrogen-bond acceptors (Lipinski definition) is 1. The van der Waals surface area contributed by atoms with Crippen molar-refractivity contribution in [1.29, 1.82) is 0 Å². The van der Waals surface area contributed by atoms with Gasteiger partial charge in [-0.15, -0.1) is 0 Å². The zero-order valence-electron chi connectivity index (χ0n) is 7.18. The summed E-state index contributed by atoms with van der Waals surface area (Å²) in [6.07, 6.45) is 2.82. The molecule has 1 unspecified atom stereocenters. The van der Waals surface area contributed by atoms with Gasteiger partial charge in [-0.25, -0.2) is 0 Å². The van der Waals surface area contributed by atoms with Crippen LogP contribution in [-0.2, 0) is 0 Å². The average Bonchev–Trinajstić information content (AvgIpc) is 2.81. The Kier molecular flexibility index (Phi) is 3.12. The first-order valence-corrected chi connectivity index (χ1v) is 4.60. The fourth-order valence-electron chi connectivity index (χ4n) is 1.17. The third-order valence-electron chi connectivity index (χ3n) is 2.24. The maximum absolute atomic E-state index is 4.96. The summed E-state index contributed by atoms with van der Waals surface area (Å²) in [5.41, 5.74) is 0. The molecular formula is C8H16N2S. The van der Waals surface area contributed by atoms with E-state index in [4.69, 9.17) is 12.2 Å². The molecule has 3 heteroatoms. The Balaban J connectivity index is 2.05. The molecule has 0 radical (unpaired) electrons. The molecule has 1 aliphatic carbocycles. The minimum Gasteiger partial charge on any atom is -0.366 e. The van der Waals surface area contributed by atoms with E-state index in [2.05, 4.69) is 17.6 Å². The fraction of sp³-hybridized carbons (Fsp3) is 0.875. The average molecular weight is 172 g/mol. The van der Waals surface area contributed by atoms with Crippen LogP contribution in [-0.4, -0.2) is 18.7 Å². The Labute approximate surface area is 73.7 Å². The van der Waals surface area contributed by atoms with Crippen LogP contribution in [0.3, 0.4) is 0 Å². The molecular weight excluding hydrogens is 156 g/mol. The predicted octanol–water partition coefficient (Wildman–Crippen LogP) is 1.13. The number of hydrogen-bond donors (Lipinski definition) is 2. The Bertz CT molecular complexity index is 143. The molecule has 0 saturated heterocycles. The van der Waals surface area contributed by atoms with E-state index in [1.807, 2.05) is 7.05 Å². The third-order valence-corrected chi connectivity index (χ3v) is 2.59. The first-order chi connectivity index (χ1) is 5.24. The van der Waals surface area contributed by atoms with Crippen molar-refractivity contribution in [2.45, 2.75) is 19.8 Å². The third kappa shape index (κ3) is 3.06. The molecule has 1 fully saturated rings. The summed E-state index contributed by atoms with van der Waals surface area (Å²) in [5.74, 6) is 1.74. The van der Waals surface area contributed by atoms with Crippen molar-refractivity contribution < 1.29 is 0 Å². The topological polar surface area (TPSA) is 24.1 Å². The second-order valence-corrected chi connectivity index (χ2v) is 3.68. The van der Waals surface area contributed by atoms with Crippen molar-refractivity contribution >= 4 is 17.3 Å². The van der Waals surface area contributed by atoms with Gasteiger partial charge in [0.2, 0.25) is 0 Å². The van der Waals surface area contributed by atoms with Crippen molar-refractivity contribution in [2.24, 2.45) is 11.8 Å². The molecule has 1 aliphatic rings. The van der Waals surface area contributed by atoms with Crippen molar-refractivity contribution in [3.8, 4) is 0 Å². The van der Waals surface area contributed by atoms with Gasteiger partial charge >= 0.3 is 0 Å². The van der Waals surface area contributed by atoms with Gasteiger partial charge in [-0.3, -0.25) is 0 Å². The fourth-order valence-corrected chi connectivity index (χ4v) is 1.26. The second kappa shape index (κ2) is 3.90. The lowest BCUT2D eigenvalue weighted by molar-refractivity contribution is 0.499. The minimum atomic E-state index is 0.762. The molecule has 1 saturated carbocycles. The summed E-state index contributed by atoms with van der Waals surface area (Å²) in [4.78, 5) is 0. The minimum absolute atomic E-state index is 0.762. The molecule has 1 atom stereocenters. The van der Waals surface area contributed by atoms with Gasteiger partial charge in [0.15, 0.2) is 5.11 Å². The lowest BCUT2D eigenvalue weighted by Gasteiger charge is -2.12. The van der Waals surface area contributed by atoms with Gasteiger partial charge in [0, 0.05) is 13.6 Å². The van der Waals surface area contributed by atoms with E-state index in [1.165, 1.54) is 12.8 Å². The molecule has 0 spiro atoms. The Hall–Kier alpha value is -0.310. The van der Waals surface area contributed by atoms with E-state index < -0.39 is 0 Å². The number of nitrogens with one attached hydrogen (secondary N) is 2. The van der Waals surface area contributed by atoms with Crippen LogP contribution in [0.15, 0.2) is 0 Å². The molecule has 0 aromatic carbocycles. The zero-order chi connectivity index (χ0) is 8.27. The largest absolute Gasteiger partial charge is 0.366 e. The van der Waals surface area contributed by atoms with Crippen molar-refractivity contribution in [1.82, 2.24) is 10.6 Å². The van der Waals surface area contributed by atoms with Crippen LogP contribution in [0.25, 0.3) is 0 Å². The maximum atomic E-state index is 4.96. The molecule has 11 heavy (non-hydrogen) atoms. The van der Waals surface area contributed by atoms with E-state index in [1.54, 1.807) is 0 Å². The maximum Gasteiger partial charge on any atom is 0.166 e. The highest BCUT2D eigenvalue weighted by atomic mass is 32.1. The van der Waals surface area contributed by atoms with Crippen molar-refractivity contribution in [2.75, 3.05) is 13.6 Å². The summed E-state index contributed by atoms with van der Waals surface area (Å²) in [6, 6.07) is 0. The summed E-state index contributed by atoms with van der Waals surface area (Å²) in [6.45, 7) is 3.30. The summed E-state index contributed by atoms with van der Waals surface area (Å²) in [7, 11) is 1.84. The van der Waals surface area contributed by atoms with E-state index >= 15 is 0 Å². The van der Waals surface area contributed by atoms with Gasteiger partial charge in [0.05, 0.1) is 0 Å². The van der Waals surface area contributed by atoms with Gasteiger partial charge < -0.3 is 10.6 Å². The summed E-state index contributed by atoms with van der Waals surface area (Å²) in [5, 5.41) is 6.84. The molecule has 0 bridgehead atoms. The van der Waals surface area contributed by atoms with Crippen LogP contribution < -0.4 is 10.6 Å². The molecule has 1 rings (SSSR count). The Morgan fingerprint density at radius 1 is 1.64 bits per heavy atom. The van der Waals surface area contributed by atoms with Crippen LogP contribution in [0.2, 0.25) is 0 Å². The van der Waals surface area contributed by atoms with Crippen LogP contribution in [0.5, 0.6) is 0 Å². The van der Waals surface area contributed by atoms with Gasteiger partial charge in [-0.05, 0) is 36.9 Å². The predicted molar refractivity (Wildman–Crippen MR) is 51.5 cm³/mol. The normalized spacial score (nSPS) is 19.1. The van der Waals surface area contributed by atoms with Gasteiger partial charge in [0.1, 0.15) is 0 Å². The summed E-state index contributed by atoms with van der Waals surface area (Å²) < 4.78 is 0. The molecule has 0 aromatic heterocycles. The van der Waals surface area contributed by atoms with Crippen LogP contribution in [0, 0.1) is 11.8 Å². The van der Waals surface area contributed by atoms with E-state index in [9.17, 15) is 0 Å². The monoisotopic (exact) mass is 172 g/mol. The first-order valence-electron chi connectivity index (χ1n) is 4.19. The lowest BCUT2D eigenvalue weighted by atomic mass is 10.1. The van der Waals surface area contributed by atoms with Gasteiger partial charge in [-0.1, -0.05) is 6.92 Å². The lowest BCUT2D eigenvalue weighted by Crippen LogP contribution is -2.35. The highest BCUT2D eigenvalue weighted by Gasteiger charge is 2.27. The zero-order valence-corrected chi connectivity index (χ0v) is 8.00. The second-order valence-electron chi connectivity index (χ2n) is 3.27. The molecule has 0 amide bonds. The van der Waals surface area contributed by atoms with Crippen molar-refractivity contribution in [3.05, 3.63) is 0 Å². The van der Waals surface area contributed by atoms with Crippen LogP contribution in [0.4, 0.5) is 0 Å². The SMILES string of the molecule is CNC(=S)NCC(C)C1CC1. The van der Waals surface area contributed by atoms with E-state index in [0.29, 0.717) is 0 Å². The quantitative estimate of drug-likeness (QED) is 0.624. The van der Waals surface area contributed by atoms with E-state index in [0.717, 1.165) is 23.5 Å². The van der Waals surface area contributed by atoms with E-state index in [-0.39, 0.29) is 0 Å². The Morgan fingerprint density at radius 2 is 2.27 bits per heavy atom. The summed E-state index contributed by atoms with van der Waals surface area (Å²) >= 11 is 4.96. The van der Waals surface area contributed by atoms with Gasteiger partial charge in [-0.2, -0.15) is 0 Å². The number of thiocarbonyl (C=S) groups is 1. The highest BCUT2D eigenvalue weighted by molar-refractivity contribution is 7.80. The van der Waals surface area contributed by atoms with Gasteiger partial charge in [0.25, 0.3) is 0 Å². The molecule has 2 N–H and O–H groups in total. The molecule has 0 heterocycles. The molecule has 0 aromatic rings. The Morgan fingerprint density at radius 3 is 2.73 bits per heavy atom.